The molecule has 0 atom stereocenters. The van der Waals surface area contributed by atoms with E-state index >= 15 is 0 Å². The number of hydrogen-bond donors (Lipinski definition) is 0. The molecule has 3 nitrogen and oxygen atoms in total. The van der Waals surface area contributed by atoms with Crippen molar-refractivity contribution >= 4 is 48.9 Å². The van der Waals surface area contributed by atoms with Gasteiger partial charge in [0.2, 0.25) is 0 Å². The van der Waals surface area contributed by atoms with Crippen molar-refractivity contribution in [2.45, 2.75) is 4.21 Å². The lowest BCUT2D eigenvalue weighted by Gasteiger charge is -2.12. The van der Waals surface area contributed by atoms with Gasteiger partial charge in [-0.15, -0.1) is 17.9 Å². The first-order chi connectivity index (χ1) is 6.89. The van der Waals surface area contributed by atoms with Crippen LogP contribution in [0, 0.1) is 0 Å². The van der Waals surface area contributed by atoms with E-state index in [4.69, 9.17) is 11.6 Å². The lowest BCUT2D eigenvalue weighted by atomic mass is 10.6. The molecule has 0 amide bonds. The van der Waals surface area contributed by atoms with Crippen molar-refractivity contribution in [1.29, 1.82) is 0 Å². The second kappa shape index (κ2) is 4.97. The Labute approximate surface area is 107 Å². The molecule has 0 aliphatic heterocycles. The molecule has 0 fully saturated rings. The maximum atomic E-state index is 11.9. The Morgan fingerprint density at radius 3 is 2.73 bits per heavy atom. The van der Waals surface area contributed by atoms with Crippen LogP contribution < -0.4 is 0 Å². The van der Waals surface area contributed by atoms with Crippen LogP contribution in [0.1, 0.15) is 0 Å². The summed E-state index contributed by atoms with van der Waals surface area (Å²) in [6.45, 7) is 3.77. The zero-order valence-electron chi connectivity index (χ0n) is 7.91. The standard InChI is InChI=1S/C8H9BrClNO2S2/c1-3-4-11(2)15(12,13)7-5-6(10)8(9)14-7/h3,5H,1,4H2,2H3. The second-order valence-electron chi connectivity index (χ2n) is 2.76. The van der Waals surface area contributed by atoms with Gasteiger partial charge in [0.25, 0.3) is 10.0 Å². The van der Waals surface area contributed by atoms with E-state index in [1.165, 1.54) is 23.5 Å². The van der Waals surface area contributed by atoms with Crippen LogP contribution in [0.25, 0.3) is 0 Å². The SMILES string of the molecule is C=CCN(C)S(=O)(=O)c1cc(Cl)c(Br)s1. The maximum absolute atomic E-state index is 11.9. The summed E-state index contributed by atoms with van der Waals surface area (Å²) in [5.74, 6) is 0. The second-order valence-corrected chi connectivity index (χ2v) is 7.81. The number of nitrogens with zero attached hydrogens (tertiary/aromatic N) is 1. The average molecular weight is 331 g/mol. The smallest absolute Gasteiger partial charge is 0.206 e. The van der Waals surface area contributed by atoms with Gasteiger partial charge in [-0.1, -0.05) is 17.7 Å². The molecule has 0 unspecified atom stereocenters. The van der Waals surface area contributed by atoms with Crippen molar-refractivity contribution in [3.8, 4) is 0 Å². The van der Waals surface area contributed by atoms with Gasteiger partial charge in [-0.05, 0) is 22.0 Å². The van der Waals surface area contributed by atoms with Gasteiger partial charge in [0.1, 0.15) is 4.21 Å². The van der Waals surface area contributed by atoms with Crippen LogP contribution in [0.15, 0.2) is 26.7 Å². The fourth-order valence-corrected chi connectivity index (χ4v) is 4.64. The van der Waals surface area contributed by atoms with Crippen LogP contribution in [0.2, 0.25) is 5.02 Å². The molecule has 0 radical (unpaired) electrons. The predicted molar refractivity (Wildman–Crippen MR) is 67.0 cm³/mol. The first-order valence-corrected chi connectivity index (χ1v) is 7.34. The Balaban J connectivity index is 3.11. The molecular formula is C8H9BrClNO2S2. The van der Waals surface area contributed by atoms with Crippen molar-refractivity contribution in [3.05, 3.63) is 27.5 Å². The third-order valence-electron chi connectivity index (χ3n) is 1.67. The van der Waals surface area contributed by atoms with Crippen molar-refractivity contribution in [1.82, 2.24) is 4.31 Å². The van der Waals surface area contributed by atoms with E-state index in [9.17, 15) is 8.42 Å². The topological polar surface area (TPSA) is 37.4 Å². The molecule has 1 rings (SSSR count). The summed E-state index contributed by atoms with van der Waals surface area (Å²) >= 11 is 10.1. The van der Waals surface area contributed by atoms with Crippen LogP contribution in [-0.2, 0) is 10.0 Å². The van der Waals surface area contributed by atoms with Gasteiger partial charge in [0.05, 0.1) is 8.81 Å². The van der Waals surface area contributed by atoms with Gasteiger partial charge in [-0.25, -0.2) is 8.42 Å². The molecule has 0 saturated carbocycles. The Morgan fingerprint density at radius 2 is 2.33 bits per heavy atom. The van der Waals surface area contributed by atoms with Gasteiger partial charge in [0.15, 0.2) is 0 Å². The van der Waals surface area contributed by atoms with Crippen LogP contribution in [0.4, 0.5) is 0 Å². The molecule has 15 heavy (non-hydrogen) atoms. The van der Waals surface area contributed by atoms with Gasteiger partial charge in [-0.3, -0.25) is 0 Å². The molecule has 0 bridgehead atoms. The highest BCUT2D eigenvalue weighted by Gasteiger charge is 2.23. The first-order valence-electron chi connectivity index (χ1n) is 3.91. The van der Waals surface area contributed by atoms with E-state index in [2.05, 4.69) is 22.5 Å². The molecule has 1 aromatic heterocycles. The van der Waals surface area contributed by atoms with E-state index in [0.29, 0.717) is 8.81 Å². The van der Waals surface area contributed by atoms with E-state index in [1.807, 2.05) is 0 Å². The van der Waals surface area contributed by atoms with Crippen LogP contribution in [0.5, 0.6) is 0 Å². The Bertz CT molecular complexity index is 449. The van der Waals surface area contributed by atoms with Crippen LogP contribution in [-0.4, -0.2) is 26.3 Å². The van der Waals surface area contributed by atoms with Gasteiger partial charge in [-0.2, -0.15) is 4.31 Å². The lowest BCUT2D eigenvalue weighted by Crippen LogP contribution is -2.26. The minimum atomic E-state index is -3.44. The van der Waals surface area contributed by atoms with E-state index in [1.54, 1.807) is 0 Å². The minimum Gasteiger partial charge on any atom is -0.206 e. The number of hydrogen-bond acceptors (Lipinski definition) is 3. The average Bonchev–Trinajstić information content (AvgIpc) is 2.48. The summed E-state index contributed by atoms with van der Waals surface area (Å²) in [5, 5.41) is 0.408. The summed E-state index contributed by atoms with van der Waals surface area (Å²) in [5.41, 5.74) is 0. The molecule has 1 heterocycles. The molecule has 0 aliphatic carbocycles. The number of likely N-dealkylation sites (N-methyl/N-ethyl adjacent to an activating group) is 1. The summed E-state index contributed by atoms with van der Waals surface area (Å²) in [4.78, 5) is 0. The van der Waals surface area contributed by atoms with Gasteiger partial charge < -0.3 is 0 Å². The minimum absolute atomic E-state index is 0.226. The predicted octanol–water partition coefficient (Wildman–Crippen LogP) is 2.97. The third kappa shape index (κ3) is 2.82. The Hall–Kier alpha value is 0.120. The normalized spacial score (nSPS) is 12.0. The van der Waals surface area contributed by atoms with E-state index in [-0.39, 0.29) is 10.8 Å². The summed E-state index contributed by atoms with van der Waals surface area (Å²) < 4.78 is 25.9. The molecule has 0 N–H and O–H groups in total. The molecule has 0 aliphatic rings. The zero-order valence-corrected chi connectivity index (χ0v) is 11.9. The highest BCUT2D eigenvalue weighted by atomic mass is 79.9. The highest BCUT2D eigenvalue weighted by molar-refractivity contribution is 9.11. The van der Waals surface area contributed by atoms with Gasteiger partial charge >= 0.3 is 0 Å². The van der Waals surface area contributed by atoms with E-state index in [0.717, 1.165) is 11.3 Å². The molecule has 0 aromatic carbocycles. The van der Waals surface area contributed by atoms with E-state index < -0.39 is 10.0 Å². The number of sulfonamides is 1. The number of thiophene rings is 1. The molecule has 1 aromatic rings. The molecule has 7 heteroatoms. The van der Waals surface area contributed by atoms with Gasteiger partial charge in [0, 0.05) is 13.6 Å². The third-order valence-corrected chi connectivity index (χ3v) is 6.42. The quantitative estimate of drug-likeness (QED) is 0.796. The van der Waals surface area contributed by atoms with Crippen molar-refractivity contribution in [3.63, 3.8) is 0 Å². The molecule has 84 valence electrons. The fourth-order valence-electron chi connectivity index (χ4n) is 0.887. The number of halogens is 2. The lowest BCUT2D eigenvalue weighted by molar-refractivity contribution is 0.501. The highest BCUT2D eigenvalue weighted by Crippen LogP contribution is 2.35. The summed E-state index contributed by atoms with van der Waals surface area (Å²) in [6, 6.07) is 1.44. The number of rotatable bonds is 4. The summed E-state index contributed by atoms with van der Waals surface area (Å²) in [6.07, 6.45) is 1.53. The molecular weight excluding hydrogens is 322 g/mol. The molecule has 0 spiro atoms. The monoisotopic (exact) mass is 329 g/mol. The van der Waals surface area contributed by atoms with Crippen LogP contribution >= 0.6 is 38.9 Å². The van der Waals surface area contributed by atoms with Crippen molar-refractivity contribution in [2.75, 3.05) is 13.6 Å². The van der Waals surface area contributed by atoms with Crippen LogP contribution in [0.3, 0.4) is 0 Å². The zero-order chi connectivity index (χ0) is 11.6. The molecule has 0 saturated heterocycles. The summed E-state index contributed by atoms with van der Waals surface area (Å²) in [7, 11) is -1.94. The Morgan fingerprint density at radius 1 is 1.73 bits per heavy atom. The first kappa shape index (κ1) is 13.2. The van der Waals surface area contributed by atoms with Crippen molar-refractivity contribution < 1.29 is 8.42 Å². The fraction of sp³-hybridized carbons (Fsp3) is 0.250. The largest absolute Gasteiger partial charge is 0.252 e. The Kier molecular flexibility index (Phi) is 4.37. The maximum Gasteiger partial charge on any atom is 0.252 e. The van der Waals surface area contributed by atoms with Crippen molar-refractivity contribution in [2.24, 2.45) is 0 Å².